The molecule has 3 N–H and O–H groups in total. The van der Waals surface area contributed by atoms with Crippen LogP contribution in [-0.2, 0) is 9.59 Å². The van der Waals surface area contributed by atoms with Gasteiger partial charge in [-0.15, -0.1) is 0 Å². The SMILES string of the molecule is [B]c1cc([B])c2nc(C)n(C3C(=O)NC(=O)CC3[B])c(=O)c2c1N. The first-order chi connectivity index (χ1) is 11.2. The minimum Gasteiger partial charge on any atom is -0.398 e. The third-order valence-corrected chi connectivity index (χ3v) is 4.09. The largest absolute Gasteiger partial charge is 0.398 e. The van der Waals surface area contributed by atoms with Crippen molar-refractivity contribution in [3.63, 3.8) is 0 Å². The summed E-state index contributed by atoms with van der Waals surface area (Å²) in [5, 5.41) is 2.20. The van der Waals surface area contributed by atoms with Gasteiger partial charge in [-0.3, -0.25) is 24.3 Å². The number of amides is 2. The number of carbonyl (C=O) groups is 2. The quantitative estimate of drug-likeness (QED) is 0.341. The molecule has 1 aliphatic rings. The van der Waals surface area contributed by atoms with E-state index in [1.807, 2.05) is 0 Å². The summed E-state index contributed by atoms with van der Waals surface area (Å²) in [5.41, 5.74) is 5.91. The molecule has 6 radical (unpaired) electrons. The van der Waals surface area contributed by atoms with Crippen molar-refractivity contribution in [2.75, 3.05) is 5.73 Å². The zero-order valence-electron chi connectivity index (χ0n) is 12.9. The number of aryl methyl sites for hydroxylation is 1. The number of piperidine rings is 1. The standard InChI is InChI=1S/C14H11B3N4O3/c1-4-19-11-6(16)2-5(15)10(18)9(11)14(24)21(4)12-7(17)3-8(22)20-13(12)23/h2,7,12H,3,18H2,1H3,(H,20,22,23). The number of carbonyl (C=O) groups excluding carboxylic acids is 2. The van der Waals surface area contributed by atoms with Gasteiger partial charge in [-0.2, -0.15) is 0 Å². The predicted molar refractivity (Wildman–Crippen MR) is 92.2 cm³/mol. The van der Waals surface area contributed by atoms with Crippen LogP contribution in [0.3, 0.4) is 0 Å². The van der Waals surface area contributed by atoms with E-state index >= 15 is 0 Å². The number of hydrogen-bond donors (Lipinski definition) is 2. The Kier molecular flexibility index (Phi) is 3.78. The van der Waals surface area contributed by atoms with Crippen LogP contribution in [0.5, 0.6) is 0 Å². The summed E-state index contributed by atoms with van der Waals surface area (Å²) in [6.07, 6.45) is -0.0884. The van der Waals surface area contributed by atoms with Crippen LogP contribution in [-0.4, -0.2) is 44.9 Å². The first kappa shape index (κ1) is 16.4. The Balaban J connectivity index is 2.34. The van der Waals surface area contributed by atoms with Crippen molar-refractivity contribution in [3.8, 4) is 0 Å². The van der Waals surface area contributed by atoms with Crippen LogP contribution in [0.2, 0.25) is 5.82 Å². The summed E-state index contributed by atoms with van der Waals surface area (Å²) in [4.78, 5) is 40.9. The first-order valence-corrected chi connectivity index (χ1v) is 7.18. The molecule has 10 heteroatoms. The van der Waals surface area contributed by atoms with Gasteiger partial charge in [0, 0.05) is 12.1 Å². The molecule has 0 aliphatic carbocycles. The summed E-state index contributed by atoms with van der Waals surface area (Å²) in [7, 11) is 17.6. The van der Waals surface area contributed by atoms with E-state index in [9.17, 15) is 14.4 Å². The molecular formula is C14H11B3N4O3. The van der Waals surface area contributed by atoms with Gasteiger partial charge in [-0.05, 0) is 12.7 Å². The second kappa shape index (κ2) is 5.54. The molecular weight excluding hydrogens is 305 g/mol. The van der Waals surface area contributed by atoms with Crippen molar-refractivity contribution < 1.29 is 9.59 Å². The molecule has 24 heavy (non-hydrogen) atoms. The molecule has 2 unspecified atom stereocenters. The molecule has 0 spiro atoms. The van der Waals surface area contributed by atoms with Crippen LogP contribution in [0.4, 0.5) is 5.69 Å². The van der Waals surface area contributed by atoms with Gasteiger partial charge in [-0.25, -0.2) is 4.98 Å². The van der Waals surface area contributed by atoms with E-state index in [4.69, 9.17) is 29.3 Å². The molecule has 1 saturated heterocycles. The molecule has 7 nitrogen and oxygen atoms in total. The summed E-state index contributed by atoms with van der Waals surface area (Å²) in [6.45, 7) is 1.54. The van der Waals surface area contributed by atoms with Crippen LogP contribution >= 0.6 is 0 Å². The van der Waals surface area contributed by atoms with Crippen molar-refractivity contribution in [2.45, 2.75) is 25.2 Å². The molecule has 2 heterocycles. The Hall–Kier alpha value is -2.51. The number of rotatable bonds is 1. The van der Waals surface area contributed by atoms with E-state index in [2.05, 4.69) is 10.3 Å². The number of nitrogens with one attached hydrogen (secondary N) is 1. The molecule has 2 aromatic rings. The van der Waals surface area contributed by atoms with Crippen LogP contribution in [0.1, 0.15) is 18.3 Å². The van der Waals surface area contributed by atoms with Crippen molar-refractivity contribution in [1.29, 1.82) is 0 Å². The summed E-state index contributed by atoms with van der Waals surface area (Å²) in [6, 6.07) is 0.347. The predicted octanol–water partition coefficient (Wildman–Crippen LogP) is -2.58. The van der Waals surface area contributed by atoms with Crippen molar-refractivity contribution in [1.82, 2.24) is 14.9 Å². The average molecular weight is 316 g/mol. The topological polar surface area (TPSA) is 107 Å². The highest BCUT2D eigenvalue weighted by Crippen LogP contribution is 2.28. The van der Waals surface area contributed by atoms with Gasteiger partial charge in [0.05, 0.1) is 18.7 Å². The lowest BCUT2D eigenvalue weighted by atomic mass is 9.75. The zero-order chi connectivity index (χ0) is 17.8. The van der Waals surface area contributed by atoms with Crippen LogP contribution in [0.15, 0.2) is 10.9 Å². The van der Waals surface area contributed by atoms with E-state index in [1.165, 1.54) is 6.07 Å². The smallest absolute Gasteiger partial charge is 0.264 e. The lowest BCUT2D eigenvalue weighted by Gasteiger charge is -2.30. The zero-order valence-corrected chi connectivity index (χ0v) is 12.9. The maximum Gasteiger partial charge on any atom is 0.264 e. The highest BCUT2D eigenvalue weighted by atomic mass is 16.2. The number of benzene rings is 1. The van der Waals surface area contributed by atoms with E-state index in [0.29, 0.717) is 0 Å². The van der Waals surface area contributed by atoms with Gasteiger partial charge >= 0.3 is 0 Å². The lowest BCUT2D eigenvalue weighted by molar-refractivity contribution is -0.135. The molecule has 1 aromatic heterocycles. The number of aromatic nitrogens is 2. The normalized spacial score (nSPS) is 21.0. The highest BCUT2D eigenvalue weighted by molar-refractivity contribution is 6.45. The molecule has 0 saturated carbocycles. The maximum atomic E-state index is 13.0. The minimum absolute atomic E-state index is 0.0231. The fourth-order valence-electron chi connectivity index (χ4n) is 2.97. The van der Waals surface area contributed by atoms with Crippen molar-refractivity contribution in [3.05, 3.63) is 22.2 Å². The lowest BCUT2D eigenvalue weighted by Crippen LogP contribution is -2.48. The molecule has 1 fully saturated rings. The molecule has 2 atom stereocenters. The maximum absolute atomic E-state index is 13.0. The van der Waals surface area contributed by atoms with Crippen molar-refractivity contribution >= 4 is 62.9 Å². The summed E-state index contributed by atoms with van der Waals surface area (Å²) < 4.78 is 1.13. The molecule has 1 aliphatic heterocycles. The number of nitrogens with two attached hydrogens (primary N) is 1. The van der Waals surface area contributed by atoms with Crippen LogP contribution in [0.25, 0.3) is 10.9 Å². The number of hydrogen-bond acceptors (Lipinski definition) is 5. The number of imide groups is 1. The van der Waals surface area contributed by atoms with Crippen molar-refractivity contribution in [2.24, 2.45) is 0 Å². The summed E-state index contributed by atoms with van der Waals surface area (Å²) in [5.74, 6) is -1.79. The van der Waals surface area contributed by atoms with Gasteiger partial charge < -0.3 is 5.73 Å². The molecule has 2 amide bonds. The number of fused-ring (bicyclic) bond motifs is 1. The van der Waals surface area contributed by atoms with E-state index < -0.39 is 29.2 Å². The Bertz CT molecular complexity index is 957. The Morgan fingerprint density at radius 1 is 1.29 bits per heavy atom. The third kappa shape index (κ3) is 2.33. The number of anilines is 1. The van der Waals surface area contributed by atoms with E-state index in [1.54, 1.807) is 6.92 Å². The van der Waals surface area contributed by atoms with E-state index in [0.717, 1.165) is 4.57 Å². The minimum atomic E-state index is -1.07. The van der Waals surface area contributed by atoms with Gasteiger partial charge in [0.15, 0.2) is 0 Å². The van der Waals surface area contributed by atoms with E-state index in [-0.39, 0.29) is 39.8 Å². The first-order valence-electron chi connectivity index (χ1n) is 7.18. The fraction of sp³-hybridized carbons (Fsp3) is 0.286. The molecule has 3 rings (SSSR count). The monoisotopic (exact) mass is 316 g/mol. The number of nitrogen functional groups attached to an aromatic ring is 1. The third-order valence-electron chi connectivity index (χ3n) is 4.09. The second-order valence-corrected chi connectivity index (χ2v) is 5.75. The molecule has 1 aromatic carbocycles. The van der Waals surface area contributed by atoms with Gasteiger partial charge in [-0.1, -0.05) is 17.0 Å². The molecule has 0 bridgehead atoms. The Morgan fingerprint density at radius 2 is 1.96 bits per heavy atom. The van der Waals surface area contributed by atoms with Crippen LogP contribution < -0.4 is 27.5 Å². The molecule has 114 valence electrons. The number of nitrogens with zero attached hydrogens (tertiary/aromatic N) is 2. The van der Waals surface area contributed by atoms with Crippen LogP contribution in [0, 0.1) is 6.92 Å². The second-order valence-electron chi connectivity index (χ2n) is 5.75. The van der Waals surface area contributed by atoms with Gasteiger partial charge in [0.1, 0.15) is 27.6 Å². The van der Waals surface area contributed by atoms with Gasteiger partial charge in [0.2, 0.25) is 11.8 Å². The highest BCUT2D eigenvalue weighted by Gasteiger charge is 2.36. The Morgan fingerprint density at radius 3 is 2.58 bits per heavy atom. The average Bonchev–Trinajstić information content (AvgIpc) is 2.46. The Labute approximate surface area is 141 Å². The summed E-state index contributed by atoms with van der Waals surface area (Å²) >= 11 is 0. The fourth-order valence-corrected chi connectivity index (χ4v) is 2.97. The van der Waals surface area contributed by atoms with Gasteiger partial charge in [0.25, 0.3) is 5.56 Å².